The van der Waals surface area contributed by atoms with Crippen molar-refractivity contribution in [2.75, 3.05) is 19.6 Å². The molecule has 0 unspecified atom stereocenters. The molecule has 2 rings (SSSR count). The summed E-state index contributed by atoms with van der Waals surface area (Å²) in [5.74, 6) is 0.518. The van der Waals surface area contributed by atoms with Gasteiger partial charge in [-0.15, -0.1) is 0 Å². The minimum absolute atomic E-state index is 0.0104. The van der Waals surface area contributed by atoms with Crippen LogP contribution >= 0.6 is 22.6 Å². The van der Waals surface area contributed by atoms with Gasteiger partial charge in [0.1, 0.15) is 0 Å². The number of carbonyl (C=O) groups is 2. The van der Waals surface area contributed by atoms with Crippen molar-refractivity contribution in [2.45, 2.75) is 19.8 Å². The van der Waals surface area contributed by atoms with Crippen molar-refractivity contribution < 1.29 is 9.59 Å². The molecule has 0 radical (unpaired) electrons. The lowest BCUT2D eigenvalue weighted by Crippen LogP contribution is -2.43. The summed E-state index contributed by atoms with van der Waals surface area (Å²) in [5.41, 5.74) is 0.619. The van der Waals surface area contributed by atoms with Crippen LogP contribution in [0.1, 0.15) is 30.1 Å². The third-order valence-corrected chi connectivity index (χ3v) is 4.60. The maximum absolute atomic E-state index is 12.0. The Morgan fingerprint density at radius 1 is 1.30 bits per heavy atom. The van der Waals surface area contributed by atoms with Gasteiger partial charge < -0.3 is 10.2 Å². The molecule has 1 heterocycles. The number of piperidine rings is 1. The first kappa shape index (κ1) is 15.3. The van der Waals surface area contributed by atoms with E-state index in [4.69, 9.17) is 0 Å². The van der Waals surface area contributed by atoms with Gasteiger partial charge in [-0.3, -0.25) is 9.59 Å². The summed E-state index contributed by atoms with van der Waals surface area (Å²) in [6.45, 7) is 3.90. The van der Waals surface area contributed by atoms with E-state index in [0.29, 0.717) is 11.5 Å². The number of hydrogen-bond donors (Lipinski definition) is 1. The lowest BCUT2D eigenvalue weighted by molar-refractivity contribution is -0.131. The second kappa shape index (κ2) is 7.06. The molecule has 0 spiro atoms. The fourth-order valence-corrected chi connectivity index (χ4v) is 2.90. The van der Waals surface area contributed by atoms with Gasteiger partial charge in [0.2, 0.25) is 5.91 Å². The number of carbonyl (C=O) groups excluding carboxylic acids is 2. The first-order valence-corrected chi connectivity index (χ1v) is 7.96. The summed E-state index contributed by atoms with van der Waals surface area (Å²) in [6, 6.07) is 7.36. The maximum atomic E-state index is 12.0. The van der Waals surface area contributed by atoms with E-state index in [2.05, 4.69) is 34.8 Å². The summed E-state index contributed by atoms with van der Waals surface area (Å²) in [4.78, 5) is 25.9. The molecule has 20 heavy (non-hydrogen) atoms. The average molecular weight is 386 g/mol. The number of hydrogen-bond acceptors (Lipinski definition) is 2. The zero-order chi connectivity index (χ0) is 14.5. The molecular weight excluding hydrogens is 367 g/mol. The Labute approximate surface area is 133 Å². The van der Waals surface area contributed by atoms with Gasteiger partial charge in [0, 0.05) is 16.7 Å². The molecule has 1 aliphatic heterocycles. The first-order valence-electron chi connectivity index (χ1n) is 6.88. The largest absolute Gasteiger partial charge is 0.343 e. The Kier molecular flexibility index (Phi) is 5.39. The van der Waals surface area contributed by atoms with Gasteiger partial charge in [-0.25, -0.2) is 0 Å². The molecule has 1 aliphatic rings. The van der Waals surface area contributed by atoms with Crippen LogP contribution in [0.3, 0.4) is 0 Å². The van der Waals surface area contributed by atoms with Crippen LogP contribution < -0.4 is 5.32 Å². The van der Waals surface area contributed by atoms with E-state index in [-0.39, 0.29) is 18.4 Å². The van der Waals surface area contributed by atoms with Crippen LogP contribution in [0, 0.1) is 9.49 Å². The van der Waals surface area contributed by atoms with Gasteiger partial charge >= 0.3 is 0 Å². The van der Waals surface area contributed by atoms with Crippen LogP contribution in [0.4, 0.5) is 0 Å². The van der Waals surface area contributed by atoms with Gasteiger partial charge in [-0.2, -0.15) is 0 Å². The molecule has 1 fully saturated rings. The zero-order valence-electron chi connectivity index (χ0n) is 11.6. The number of rotatable bonds is 3. The molecule has 4 nitrogen and oxygen atoms in total. The van der Waals surface area contributed by atoms with Crippen LogP contribution in [0.5, 0.6) is 0 Å². The standard InChI is InChI=1S/C15H19IN2O2/c1-11-6-8-18(9-7-11)14(19)10-17-15(20)12-4-2-3-5-13(12)16/h2-5,11H,6-10H2,1H3,(H,17,20). The Morgan fingerprint density at radius 3 is 2.60 bits per heavy atom. The van der Waals surface area contributed by atoms with Crippen molar-refractivity contribution in [1.82, 2.24) is 10.2 Å². The van der Waals surface area contributed by atoms with Crippen molar-refractivity contribution in [2.24, 2.45) is 5.92 Å². The van der Waals surface area contributed by atoms with Crippen molar-refractivity contribution in [3.8, 4) is 0 Å². The molecule has 1 saturated heterocycles. The molecule has 2 amide bonds. The van der Waals surface area contributed by atoms with Gasteiger partial charge in [0.25, 0.3) is 5.91 Å². The van der Waals surface area contributed by atoms with E-state index in [9.17, 15) is 9.59 Å². The maximum Gasteiger partial charge on any atom is 0.252 e. The predicted octanol–water partition coefficient (Wildman–Crippen LogP) is 2.28. The van der Waals surface area contributed by atoms with Crippen LogP contribution in [-0.2, 0) is 4.79 Å². The van der Waals surface area contributed by atoms with Crippen molar-refractivity contribution in [3.05, 3.63) is 33.4 Å². The molecule has 1 N–H and O–H groups in total. The summed E-state index contributed by atoms with van der Waals surface area (Å²) < 4.78 is 0.891. The second-order valence-corrected chi connectivity index (χ2v) is 6.39. The van der Waals surface area contributed by atoms with E-state index in [1.165, 1.54) is 0 Å². The normalized spacial score (nSPS) is 16.0. The van der Waals surface area contributed by atoms with E-state index >= 15 is 0 Å². The minimum atomic E-state index is -0.186. The van der Waals surface area contributed by atoms with Crippen LogP contribution in [0.15, 0.2) is 24.3 Å². The summed E-state index contributed by atoms with van der Waals surface area (Å²) in [5, 5.41) is 2.71. The number of nitrogens with zero attached hydrogens (tertiary/aromatic N) is 1. The average Bonchev–Trinajstić information content (AvgIpc) is 2.45. The predicted molar refractivity (Wildman–Crippen MR) is 86.5 cm³/mol. The quantitative estimate of drug-likeness (QED) is 0.811. The van der Waals surface area contributed by atoms with Gasteiger partial charge in [0.05, 0.1) is 12.1 Å². The van der Waals surface area contributed by atoms with E-state index in [1.807, 2.05) is 23.1 Å². The number of likely N-dealkylation sites (tertiary alicyclic amines) is 1. The Balaban J connectivity index is 1.84. The SMILES string of the molecule is CC1CCN(C(=O)CNC(=O)c2ccccc2I)CC1. The highest BCUT2D eigenvalue weighted by molar-refractivity contribution is 14.1. The third-order valence-electron chi connectivity index (χ3n) is 3.65. The Hall–Kier alpha value is -1.11. The molecule has 0 aliphatic carbocycles. The molecule has 0 aromatic heterocycles. The van der Waals surface area contributed by atoms with E-state index in [0.717, 1.165) is 29.5 Å². The van der Waals surface area contributed by atoms with Crippen molar-refractivity contribution in [3.63, 3.8) is 0 Å². The Morgan fingerprint density at radius 2 is 1.95 bits per heavy atom. The molecular formula is C15H19IN2O2. The van der Waals surface area contributed by atoms with E-state index in [1.54, 1.807) is 6.07 Å². The highest BCUT2D eigenvalue weighted by Gasteiger charge is 2.20. The summed E-state index contributed by atoms with van der Waals surface area (Å²) in [6.07, 6.45) is 2.10. The number of halogens is 1. The second-order valence-electron chi connectivity index (χ2n) is 5.23. The topological polar surface area (TPSA) is 49.4 Å². The van der Waals surface area contributed by atoms with Gasteiger partial charge in [0.15, 0.2) is 0 Å². The van der Waals surface area contributed by atoms with Crippen molar-refractivity contribution >= 4 is 34.4 Å². The smallest absolute Gasteiger partial charge is 0.252 e. The molecule has 0 bridgehead atoms. The lowest BCUT2D eigenvalue weighted by Gasteiger charge is -2.30. The van der Waals surface area contributed by atoms with Crippen molar-refractivity contribution in [1.29, 1.82) is 0 Å². The molecule has 1 aromatic rings. The fourth-order valence-electron chi connectivity index (χ4n) is 2.27. The lowest BCUT2D eigenvalue weighted by atomic mass is 9.99. The van der Waals surface area contributed by atoms with Crippen LogP contribution in [0.2, 0.25) is 0 Å². The molecule has 0 saturated carbocycles. The fraction of sp³-hybridized carbons (Fsp3) is 0.467. The number of nitrogens with one attached hydrogen (secondary N) is 1. The van der Waals surface area contributed by atoms with Gasteiger partial charge in [-0.1, -0.05) is 19.1 Å². The molecule has 1 aromatic carbocycles. The van der Waals surface area contributed by atoms with Crippen LogP contribution in [0.25, 0.3) is 0 Å². The van der Waals surface area contributed by atoms with E-state index < -0.39 is 0 Å². The van der Waals surface area contributed by atoms with Crippen LogP contribution in [-0.4, -0.2) is 36.3 Å². The monoisotopic (exact) mass is 386 g/mol. The zero-order valence-corrected chi connectivity index (χ0v) is 13.7. The number of benzene rings is 1. The highest BCUT2D eigenvalue weighted by Crippen LogP contribution is 2.16. The first-order chi connectivity index (χ1) is 9.58. The van der Waals surface area contributed by atoms with Gasteiger partial charge in [-0.05, 0) is 53.5 Å². The summed E-state index contributed by atoms with van der Waals surface area (Å²) in [7, 11) is 0. The molecule has 0 atom stereocenters. The molecule has 108 valence electrons. The Bertz CT molecular complexity index is 496. The minimum Gasteiger partial charge on any atom is -0.343 e. The third kappa shape index (κ3) is 3.94. The summed E-state index contributed by atoms with van der Waals surface area (Å²) >= 11 is 2.12. The molecule has 5 heteroatoms. The number of amides is 2. The highest BCUT2D eigenvalue weighted by atomic mass is 127.